The molecule has 0 radical (unpaired) electrons. The summed E-state index contributed by atoms with van der Waals surface area (Å²) in [6, 6.07) is 0.0624. The lowest BCUT2D eigenvalue weighted by molar-refractivity contribution is -0.118. The molecule has 0 saturated carbocycles. The molecule has 16 nitrogen and oxygen atoms in total. The molecule has 2 aliphatic heterocycles. The van der Waals surface area contributed by atoms with E-state index in [4.69, 9.17) is 33.6 Å². The van der Waals surface area contributed by atoms with Crippen LogP contribution in [0.3, 0.4) is 0 Å². The van der Waals surface area contributed by atoms with Gasteiger partial charge in [0, 0.05) is 46.1 Å². The van der Waals surface area contributed by atoms with Crippen LogP contribution in [-0.2, 0) is 33.3 Å². The number of hydrogen-bond acceptors (Lipinski definition) is 14. The van der Waals surface area contributed by atoms with Crippen molar-refractivity contribution in [2.24, 2.45) is 5.92 Å². The molecule has 2 aromatic heterocycles. The Labute approximate surface area is 292 Å². The summed E-state index contributed by atoms with van der Waals surface area (Å²) in [6.07, 6.45) is 0.967. The van der Waals surface area contributed by atoms with Gasteiger partial charge in [0.2, 0.25) is 7.34 Å². The fraction of sp³-hybridized carbons (Fsp3) is 0.690. The van der Waals surface area contributed by atoms with Gasteiger partial charge >= 0.3 is 0 Å². The molecule has 5 atom stereocenters. The number of nitrogens with zero attached hydrogens (tertiary/aromatic N) is 6. The van der Waals surface area contributed by atoms with Crippen molar-refractivity contribution in [1.82, 2.24) is 34.6 Å². The molecular weight excluding hydrogens is 683 g/mol. The summed E-state index contributed by atoms with van der Waals surface area (Å²) in [6.45, 7) is 16.0. The Morgan fingerprint density at radius 3 is 2.52 bits per heavy atom. The molecule has 48 heavy (non-hydrogen) atoms. The molecule has 0 aliphatic carbocycles. The zero-order valence-corrected chi connectivity index (χ0v) is 31.0. The summed E-state index contributed by atoms with van der Waals surface area (Å²) in [7, 11) is -3.64. The van der Waals surface area contributed by atoms with E-state index in [1.54, 1.807) is 29.4 Å². The number of rotatable bonds is 13. The number of aliphatic hydroxyl groups is 1. The smallest absolute Gasteiger partial charge is 0.277 e. The Morgan fingerprint density at radius 1 is 1.27 bits per heavy atom. The van der Waals surface area contributed by atoms with Crippen LogP contribution in [0.5, 0.6) is 0 Å². The van der Waals surface area contributed by atoms with Crippen LogP contribution in [0, 0.1) is 5.92 Å². The van der Waals surface area contributed by atoms with E-state index in [-0.39, 0.29) is 66.4 Å². The van der Waals surface area contributed by atoms with Gasteiger partial charge in [0.05, 0.1) is 23.9 Å². The van der Waals surface area contributed by atoms with Gasteiger partial charge in [-0.15, -0.1) is 6.58 Å². The first-order valence-corrected chi connectivity index (χ1v) is 18.9. The molecular formula is C29H49N8O8PS2. The minimum Gasteiger partial charge on any atom is -0.460 e. The summed E-state index contributed by atoms with van der Waals surface area (Å²) in [5, 5.41) is 6.38. The number of ether oxygens (including phenoxy) is 2. The summed E-state index contributed by atoms with van der Waals surface area (Å²) >= 11 is 5.71. The maximum absolute atomic E-state index is 12.5. The molecule has 2 unspecified atom stereocenters. The van der Waals surface area contributed by atoms with Crippen molar-refractivity contribution in [2.75, 3.05) is 43.6 Å². The third kappa shape index (κ3) is 9.85. The largest absolute Gasteiger partial charge is 0.460 e. The number of carbonyl (C=O) groups excluding carboxylic acids is 1. The van der Waals surface area contributed by atoms with E-state index in [9.17, 15) is 13.2 Å². The number of nitrogens with one attached hydrogen (secondary N) is 2. The molecule has 2 aliphatic rings. The lowest BCUT2D eigenvalue weighted by Crippen LogP contribution is -2.47. The number of aliphatic hydroxyl groups excluding tert-OH is 1. The molecule has 1 amide bonds. The standard InChI is InChI=1S/C28H45N8O7PS2.CH4O/c1-9-10-32-43-44(36(18(4)5)19(6)7)42-22-20(8)40-27(23(22)41-28(45)34-11-13-46(38,39)14-12-34)35-16-31-21-24(29-15-30-25(21)35)33-26(37)17(2)3;1-2/h9,15-20,22-23,27,32H,1,10-14H2,2-8H3,(H,29,30,33,37);2H,1H3/t20-,22?,23+,27-,44?;/m1./s1/i8D;2T. The highest BCUT2D eigenvalue weighted by atomic mass is 32.2. The summed E-state index contributed by atoms with van der Waals surface area (Å²) in [5.74, 6) is -0.360. The maximum atomic E-state index is 12.5. The number of amides is 1. The number of fused-ring (bicyclic) bond motifs is 1. The van der Waals surface area contributed by atoms with Gasteiger partial charge in [0.1, 0.15) is 12.4 Å². The highest BCUT2D eigenvalue weighted by Crippen LogP contribution is 2.50. The minimum absolute atomic E-state index is 0.0312. The van der Waals surface area contributed by atoms with Crippen LogP contribution in [-0.4, -0.2) is 124 Å². The van der Waals surface area contributed by atoms with E-state index in [2.05, 4.69) is 42.1 Å². The highest BCUT2D eigenvalue weighted by Gasteiger charge is 2.50. The van der Waals surface area contributed by atoms with Crippen molar-refractivity contribution in [3.8, 4) is 0 Å². The van der Waals surface area contributed by atoms with Gasteiger partial charge < -0.3 is 29.3 Å². The van der Waals surface area contributed by atoms with Crippen molar-refractivity contribution in [3.63, 3.8) is 0 Å². The molecule has 2 saturated heterocycles. The van der Waals surface area contributed by atoms with Gasteiger partial charge in [0.15, 0.2) is 39.2 Å². The first-order valence-electron chi connectivity index (χ1n) is 16.6. The molecule has 0 bridgehead atoms. The molecule has 4 rings (SSSR count). The second-order valence-electron chi connectivity index (χ2n) is 11.8. The predicted molar refractivity (Wildman–Crippen MR) is 187 cm³/mol. The molecule has 0 aromatic carbocycles. The van der Waals surface area contributed by atoms with Crippen LogP contribution in [0.25, 0.3) is 11.2 Å². The van der Waals surface area contributed by atoms with Crippen LogP contribution in [0.15, 0.2) is 25.3 Å². The third-order valence-electron chi connectivity index (χ3n) is 7.35. The SMILES string of the molecule is [2H]C[C@H]1O[C@@H](n2cnc3c(NC(=O)C(C)C)ncnc32)[C@@H](OC(=S)N2CCS(=O)(=O)CC2)C1OP(ONCC=C)N(C(C)C)C(C)C.[3H]OC. The van der Waals surface area contributed by atoms with Crippen LogP contribution >= 0.6 is 20.7 Å². The molecule has 2 aromatic rings. The fourth-order valence-electron chi connectivity index (χ4n) is 5.01. The third-order valence-corrected chi connectivity index (χ3v) is 11.3. The van der Waals surface area contributed by atoms with Crippen molar-refractivity contribution < 1.29 is 38.3 Å². The zero-order chi connectivity index (χ0) is 37.2. The number of hydrogen-bond donors (Lipinski definition) is 3. The van der Waals surface area contributed by atoms with E-state index in [0.717, 1.165) is 0 Å². The number of hydroxylamine groups is 1. The topological polar surface area (TPSA) is 182 Å². The monoisotopic (exact) mass is 735 g/mol. The summed E-state index contributed by atoms with van der Waals surface area (Å²) < 4.78 is 67.8. The Hall–Kier alpha value is -2.41. The van der Waals surface area contributed by atoms with Crippen LogP contribution in [0.2, 0.25) is 0 Å². The Kier molecular flexibility index (Phi) is 13.8. The molecule has 3 N–H and O–H groups in total. The van der Waals surface area contributed by atoms with Gasteiger partial charge in [-0.05, 0) is 46.8 Å². The predicted octanol–water partition coefficient (Wildman–Crippen LogP) is 2.79. The minimum atomic E-state index is -3.16. The van der Waals surface area contributed by atoms with Gasteiger partial charge in [0.25, 0.3) is 13.7 Å². The van der Waals surface area contributed by atoms with E-state index < -0.39 is 42.9 Å². The lowest BCUT2D eigenvalue weighted by atomic mass is 10.1. The van der Waals surface area contributed by atoms with E-state index in [1.807, 2.05) is 27.7 Å². The van der Waals surface area contributed by atoms with Crippen molar-refractivity contribution in [1.29, 1.82) is 1.43 Å². The average molecular weight is 736 g/mol. The van der Waals surface area contributed by atoms with Crippen LogP contribution in [0.1, 0.15) is 56.0 Å². The van der Waals surface area contributed by atoms with Crippen molar-refractivity contribution in [3.05, 3.63) is 25.3 Å². The molecule has 19 heteroatoms. The van der Waals surface area contributed by atoms with Gasteiger partial charge in [-0.1, -0.05) is 19.9 Å². The highest BCUT2D eigenvalue weighted by molar-refractivity contribution is 7.91. The van der Waals surface area contributed by atoms with Gasteiger partial charge in [-0.3, -0.25) is 9.36 Å². The normalized spacial score (nSPS) is 23.5. The fourth-order valence-corrected chi connectivity index (χ4v) is 8.16. The first-order chi connectivity index (χ1) is 23.7. The quantitative estimate of drug-likeness (QED) is 0.0897. The number of imidazole rings is 1. The number of anilines is 1. The number of carbonyl (C=O) groups is 1. The number of sulfone groups is 1. The van der Waals surface area contributed by atoms with E-state index in [1.165, 1.54) is 19.8 Å². The van der Waals surface area contributed by atoms with Crippen LogP contribution in [0.4, 0.5) is 5.82 Å². The number of aromatic nitrogens is 4. The van der Waals surface area contributed by atoms with Crippen molar-refractivity contribution >= 4 is 58.6 Å². The molecule has 2 fully saturated rings. The van der Waals surface area contributed by atoms with Gasteiger partial charge in [-0.2, -0.15) is 5.48 Å². The van der Waals surface area contributed by atoms with Crippen LogP contribution < -0.4 is 10.8 Å². The summed E-state index contributed by atoms with van der Waals surface area (Å²) in [4.78, 5) is 27.3. The second kappa shape index (κ2) is 18.0. The Balaban J connectivity index is 0.00000217. The van der Waals surface area contributed by atoms with Crippen molar-refractivity contribution in [2.45, 2.75) is 85.1 Å². The lowest BCUT2D eigenvalue weighted by Gasteiger charge is -2.38. The average Bonchev–Trinajstić information content (AvgIpc) is 3.62. The second-order valence-corrected chi connectivity index (χ2v) is 15.8. The van der Waals surface area contributed by atoms with Gasteiger partial charge in [-0.25, -0.2) is 32.7 Å². The van der Waals surface area contributed by atoms with E-state index >= 15 is 0 Å². The first kappa shape index (κ1) is 36.9. The molecule has 4 heterocycles. The number of thiocarbonyl (C=S) groups is 1. The Bertz CT molecular complexity index is 1520. The molecule has 270 valence electrons. The van der Waals surface area contributed by atoms with E-state index in [0.29, 0.717) is 17.7 Å². The molecule has 0 spiro atoms. The maximum Gasteiger partial charge on any atom is 0.277 e. The Morgan fingerprint density at radius 2 is 1.94 bits per heavy atom. The zero-order valence-electron chi connectivity index (χ0n) is 30.4. The summed E-state index contributed by atoms with van der Waals surface area (Å²) in [5.41, 5.74) is 3.59.